The summed E-state index contributed by atoms with van der Waals surface area (Å²) in [7, 11) is 0. The molecule has 1 aromatic rings. The zero-order chi connectivity index (χ0) is 9.38. The Bertz CT molecular complexity index is 452. The van der Waals surface area contributed by atoms with Crippen molar-refractivity contribution in [3.63, 3.8) is 0 Å². The smallest absolute Gasteiger partial charge is 0.0640 e. The van der Waals surface area contributed by atoms with Crippen LogP contribution in [0.4, 0.5) is 5.69 Å². The molecule has 68 valence electrons. The second kappa shape index (κ2) is 2.88. The number of benzene rings is 1. The number of nitrogens with one attached hydrogen (secondary N) is 1. The minimum absolute atomic E-state index is 0.342. The van der Waals surface area contributed by atoms with Gasteiger partial charge in [-0.2, -0.15) is 0 Å². The van der Waals surface area contributed by atoms with Gasteiger partial charge in [0.1, 0.15) is 0 Å². The van der Waals surface area contributed by atoms with E-state index >= 15 is 0 Å². The number of para-hydroxylation sites is 1. The SMILES string of the molecule is C1=CC2=CC(C=C1)Nc1ccccc12. The molecule has 0 fully saturated rings. The van der Waals surface area contributed by atoms with Gasteiger partial charge in [-0.3, -0.25) is 0 Å². The average Bonchev–Trinajstić information content (AvgIpc) is 2.41. The fourth-order valence-corrected chi connectivity index (χ4v) is 1.96. The number of anilines is 1. The van der Waals surface area contributed by atoms with Gasteiger partial charge in [0, 0.05) is 11.3 Å². The van der Waals surface area contributed by atoms with E-state index in [-0.39, 0.29) is 0 Å². The molecular weight excluding hydrogens is 170 g/mol. The predicted octanol–water partition coefficient (Wildman–Crippen LogP) is 2.99. The van der Waals surface area contributed by atoms with E-state index in [1.807, 2.05) is 0 Å². The van der Waals surface area contributed by atoms with Gasteiger partial charge in [0.25, 0.3) is 0 Å². The summed E-state index contributed by atoms with van der Waals surface area (Å²) in [6, 6.07) is 8.77. The normalized spacial score (nSPS) is 22.0. The van der Waals surface area contributed by atoms with E-state index in [1.54, 1.807) is 0 Å². The Kier molecular flexibility index (Phi) is 1.57. The highest BCUT2D eigenvalue weighted by atomic mass is 14.9. The van der Waals surface area contributed by atoms with E-state index in [9.17, 15) is 0 Å². The summed E-state index contributed by atoms with van der Waals surface area (Å²) in [5, 5.41) is 3.47. The molecule has 0 amide bonds. The molecule has 1 heterocycles. The Balaban J connectivity index is 2.20. The van der Waals surface area contributed by atoms with Crippen LogP contribution in [-0.2, 0) is 0 Å². The first-order chi connectivity index (χ1) is 6.93. The van der Waals surface area contributed by atoms with E-state index < -0.39 is 0 Å². The maximum Gasteiger partial charge on any atom is 0.0640 e. The Morgan fingerprint density at radius 3 is 3.00 bits per heavy atom. The molecule has 14 heavy (non-hydrogen) atoms. The lowest BCUT2D eigenvalue weighted by Crippen LogP contribution is -2.18. The van der Waals surface area contributed by atoms with Crippen LogP contribution in [-0.4, -0.2) is 6.04 Å². The zero-order valence-corrected chi connectivity index (χ0v) is 7.77. The maximum atomic E-state index is 3.47. The van der Waals surface area contributed by atoms with Crippen LogP contribution in [0.15, 0.2) is 54.6 Å². The second-order valence-corrected chi connectivity index (χ2v) is 3.58. The van der Waals surface area contributed by atoms with Crippen molar-refractivity contribution in [1.29, 1.82) is 0 Å². The molecule has 1 aromatic carbocycles. The van der Waals surface area contributed by atoms with Gasteiger partial charge in [-0.1, -0.05) is 48.6 Å². The fourth-order valence-electron chi connectivity index (χ4n) is 1.96. The standard InChI is InChI=1S/C13H11N/c1-2-6-11-9-10(5-1)12-7-3-4-8-13(12)14-11/h1-9,11,14H. The highest BCUT2D eigenvalue weighted by molar-refractivity contribution is 5.86. The molecule has 1 nitrogen and oxygen atoms in total. The summed E-state index contributed by atoms with van der Waals surface area (Å²) >= 11 is 0. The predicted molar refractivity (Wildman–Crippen MR) is 60.1 cm³/mol. The van der Waals surface area contributed by atoms with Gasteiger partial charge in [0.2, 0.25) is 0 Å². The van der Waals surface area contributed by atoms with Crippen LogP contribution in [0.1, 0.15) is 5.56 Å². The van der Waals surface area contributed by atoms with Crippen LogP contribution in [0.3, 0.4) is 0 Å². The van der Waals surface area contributed by atoms with Crippen molar-refractivity contribution in [2.75, 3.05) is 5.32 Å². The van der Waals surface area contributed by atoms with Gasteiger partial charge in [-0.15, -0.1) is 0 Å². The highest BCUT2D eigenvalue weighted by Crippen LogP contribution is 2.31. The van der Waals surface area contributed by atoms with E-state index in [1.165, 1.54) is 16.8 Å². The minimum Gasteiger partial charge on any atom is -0.375 e. The van der Waals surface area contributed by atoms with Gasteiger partial charge in [-0.25, -0.2) is 0 Å². The summed E-state index contributed by atoms with van der Waals surface area (Å²) in [4.78, 5) is 0. The third-order valence-corrected chi connectivity index (χ3v) is 2.62. The largest absolute Gasteiger partial charge is 0.375 e. The molecule has 0 radical (unpaired) electrons. The van der Waals surface area contributed by atoms with Crippen LogP contribution in [0.2, 0.25) is 0 Å². The monoisotopic (exact) mass is 181 g/mol. The Morgan fingerprint density at radius 1 is 1.07 bits per heavy atom. The molecule has 0 saturated heterocycles. The van der Waals surface area contributed by atoms with Gasteiger partial charge in [-0.05, 0) is 11.6 Å². The van der Waals surface area contributed by atoms with E-state index in [2.05, 4.69) is 60.0 Å². The molecule has 3 rings (SSSR count). The third-order valence-electron chi connectivity index (χ3n) is 2.62. The van der Waals surface area contributed by atoms with Crippen molar-refractivity contribution in [1.82, 2.24) is 0 Å². The topological polar surface area (TPSA) is 12.0 Å². The molecule has 0 spiro atoms. The van der Waals surface area contributed by atoms with Gasteiger partial charge in [0.05, 0.1) is 6.04 Å². The maximum absolute atomic E-state index is 3.47. The molecule has 1 aliphatic carbocycles. The average molecular weight is 181 g/mol. The lowest BCUT2D eigenvalue weighted by molar-refractivity contribution is 1.10. The molecule has 0 saturated carbocycles. The minimum atomic E-state index is 0.342. The van der Waals surface area contributed by atoms with Crippen LogP contribution in [0, 0.1) is 0 Å². The van der Waals surface area contributed by atoms with Gasteiger partial charge >= 0.3 is 0 Å². The number of hydrogen-bond donors (Lipinski definition) is 1. The molecule has 1 atom stereocenters. The van der Waals surface area contributed by atoms with Crippen molar-refractivity contribution in [3.8, 4) is 0 Å². The van der Waals surface area contributed by atoms with Crippen molar-refractivity contribution < 1.29 is 0 Å². The molecular formula is C13H11N. The quantitative estimate of drug-likeness (QED) is 0.648. The highest BCUT2D eigenvalue weighted by Gasteiger charge is 2.15. The van der Waals surface area contributed by atoms with E-state index in [0.29, 0.717) is 6.04 Å². The van der Waals surface area contributed by atoms with E-state index in [0.717, 1.165) is 0 Å². The first-order valence-electron chi connectivity index (χ1n) is 4.86. The molecule has 2 bridgehead atoms. The lowest BCUT2D eigenvalue weighted by atomic mass is 9.98. The van der Waals surface area contributed by atoms with Crippen LogP contribution in [0.25, 0.3) is 5.57 Å². The zero-order valence-electron chi connectivity index (χ0n) is 7.77. The Labute approximate surface area is 83.5 Å². The summed E-state index contributed by atoms with van der Waals surface area (Å²) in [6.45, 7) is 0. The van der Waals surface area contributed by atoms with Gasteiger partial charge < -0.3 is 5.32 Å². The van der Waals surface area contributed by atoms with Crippen LogP contribution < -0.4 is 5.32 Å². The number of rotatable bonds is 0. The van der Waals surface area contributed by atoms with E-state index in [4.69, 9.17) is 0 Å². The summed E-state index contributed by atoms with van der Waals surface area (Å²) in [6.07, 6.45) is 10.8. The second-order valence-electron chi connectivity index (χ2n) is 3.58. The van der Waals surface area contributed by atoms with Crippen molar-refractivity contribution >= 4 is 11.3 Å². The van der Waals surface area contributed by atoms with Crippen molar-refractivity contribution in [3.05, 3.63) is 60.2 Å². The Morgan fingerprint density at radius 2 is 2.00 bits per heavy atom. The third kappa shape index (κ3) is 1.10. The molecule has 2 aliphatic rings. The first-order valence-corrected chi connectivity index (χ1v) is 4.86. The number of allylic oxidation sites excluding steroid dienone is 4. The van der Waals surface area contributed by atoms with Crippen molar-refractivity contribution in [2.45, 2.75) is 6.04 Å². The van der Waals surface area contributed by atoms with Gasteiger partial charge in [0.15, 0.2) is 0 Å². The van der Waals surface area contributed by atoms with Crippen LogP contribution >= 0.6 is 0 Å². The van der Waals surface area contributed by atoms with Crippen molar-refractivity contribution in [2.24, 2.45) is 0 Å². The molecule has 1 aliphatic heterocycles. The summed E-state index contributed by atoms with van der Waals surface area (Å²) < 4.78 is 0. The Hall–Kier alpha value is -1.76. The first kappa shape index (κ1) is 7.63. The fraction of sp³-hybridized carbons (Fsp3) is 0.0769. The number of fused-ring (bicyclic) bond motifs is 3. The molecule has 0 aromatic heterocycles. The number of hydrogen-bond acceptors (Lipinski definition) is 1. The summed E-state index contributed by atoms with van der Waals surface area (Å²) in [5.74, 6) is 0. The molecule has 1 unspecified atom stereocenters. The lowest BCUT2D eigenvalue weighted by Gasteiger charge is -2.22. The molecule has 1 N–H and O–H groups in total. The van der Waals surface area contributed by atoms with Crippen LogP contribution in [0.5, 0.6) is 0 Å². The summed E-state index contributed by atoms with van der Waals surface area (Å²) in [5.41, 5.74) is 3.84. The molecule has 1 heteroatoms.